The predicted molar refractivity (Wildman–Crippen MR) is 284 cm³/mol. The molecule has 0 saturated heterocycles. The van der Waals surface area contributed by atoms with Crippen LogP contribution < -0.4 is 9.64 Å². The predicted octanol–water partition coefficient (Wildman–Crippen LogP) is 17.8. The number of fused-ring (bicyclic) bond motifs is 19. The van der Waals surface area contributed by atoms with E-state index in [-0.39, 0.29) is 5.41 Å². The highest BCUT2D eigenvalue weighted by molar-refractivity contribution is 6.06. The third-order valence-corrected chi connectivity index (χ3v) is 15.7. The molecule has 1 spiro atoms. The first kappa shape index (κ1) is 38.4. The van der Waals surface area contributed by atoms with Crippen LogP contribution in [0.5, 0.6) is 11.5 Å². The van der Waals surface area contributed by atoms with Gasteiger partial charge in [0.1, 0.15) is 22.7 Å². The molecule has 0 fully saturated rings. The lowest BCUT2D eigenvalue weighted by molar-refractivity contribution is 0.447. The van der Waals surface area contributed by atoms with Gasteiger partial charge in [-0.25, -0.2) is 0 Å². The summed E-state index contributed by atoms with van der Waals surface area (Å²) >= 11 is 0. The van der Waals surface area contributed by atoms with Crippen molar-refractivity contribution in [3.63, 3.8) is 0 Å². The van der Waals surface area contributed by atoms with Crippen LogP contribution in [0.3, 0.4) is 0 Å². The summed E-state index contributed by atoms with van der Waals surface area (Å²) in [5.41, 5.74) is 19.3. The van der Waals surface area contributed by atoms with E-state index in [9.17, 15) is 0 Å². The molecule has 2 heterocycles. The van der Waals surface area contributed by atoms with Crippen LogP contribution in [0.25, 0.3) is 76.9 Å². The van der Waals surface area contributed by atoms with E-state index in [1.807, 2.05) is 12.1 Å². The standard InChI is InChI=1S/C66H43NO2/c1-65(2)55-20-10-7-17-49(55)52-38-45(30-34-56(52)65)67(44-28-23-40(24-29-44)43-27-36-62-54(37-43)51-19-9-12-22-61(51)68-62)46-31-35-58-53(39-46)50-18-8-11-21-57(50)66(58)59-32-25-41-13-3-5-15-47(41)63(59)69-64-48-16-6-4-14-42(48)26-33-60(64)66/h3-39H,1-2H3. The molecule has 1 aromatic heterocycles. The number of furan rings is 1. The zero-order valence-corrected chi connectivity index (χ0v) is 38.1. The van der Waals surface area contributed by atoms with E-state index < -0.39 is 5.41 Å². The maximum atomic E-state index is 7.24. The Labute approximate surface area is 400 Å². The van der Waals surface area contributed by atoms with Crippen molar-refractivity contribution in [2.45, 2.75) is 24.7 Å². The van der Waals surface area contributed by atoms with Gasteiger partial charge in [0.25, 0.3) is 0 Å². The Morgan fingerprint density at radius 1 is 0.333 bits per heavy atom. The SMILES string of the molecule is CC1(C)c2ccccc2-c2cc(N(c3ccc(-c4ccc5oc6ccccc6c5c4)cc3)c3ccc4c(c3)-c3ccccc3C43c4ccc5ccccc5c4Oc4c3ccc3ccccc43)ccc21. The zero-order valence-electron chi connectivity index (χ0n) is 38.1. The van der Waals surface area contributed by atoms with E-state index in [0.717, 1.165) is 94.3 Å². The van der Waals surface area contributed by atoms with Crippen LogP contribution in [0.2, 0.25) is 0 Å². The van der Waals surface area contributed by atoms with Gasteiger partial charge in [-0.05, 0) is 121 Å². The second-order valence-corrected chi connectivity index (χ2v) is 19.5. The number of ether oxygens (including phenoxy) is 1. The highest BCUT2D eigenvalue weighted by Crippen LogP contribution is 2.64. The van der Waals surface area contributed by atoms with E-state index in [2.05, 4.69) is 231 Å². The Bertz CT molecular complexity index is 4070. The Hall–Kier alpha value is -8.66. The van der Waals surface area contributed by atoms with Crippen molar-refractivity contribution in [2.24, 2.45) is 0 Å². The summed E-state index contributed by atoms with van der Waals surface area (Å²) in [6, 6.07) is 82.6. The molecule has 3 heteroatoms. The van der Waals surface area contributed by atoms with E-state index in [4.69, 9.17) is 9.15 Å². The zero-order chi connectivity index (χ0) is 45.6. The van der Waals surface area contributed by atoms with E-state index in [0.29, 0.717) is 0 Å². The van der Waals surface area contributed by atoms with Crippen molar-refractivity contribution >= 4 is 60.5 Å². The molecule has 3 aliphatic rings. The molecular formula is C66H43NO2. The number of anilines is 3. The van der Waals surface area contributed by atoms with Crippen molar-refractivity contribution in [1.82, 2.24) is 0 Å². The lowest BCUT2D eigenvalue weighted by Gasteiger charge is -2.40. The number of nitrogens with zero attached hydrogens (tertiary/aromatic N) is 1. The molecular weight excluding hydrogens is 839 g/mol. The topological polar surface area (TPSA) is 25.6 Å². The van der Waals surface area contributed by atoms with Crippen molar-refractivity contribution in [1.29, 1.82) is 0 Å². The van der Waals surface area contributed by atoms with Gasteiger partial charge in [0.15, 0.2) is 0 Å². The molecule has 0 atom stereocenters. The molecule has 12 aromatic rings. The second-order valence-electron chi connectivity index (χ2n) is 19.5. The minimum Gasteiger partial charge on any atom is -0.456 e. The van der Waals surface area contributed by atoms with Crippen molar-refractivity contribution in [3.8, 4) is 44.9 Å². The highest BCUT2D eigenvalue weighted by atomic mass is 16.5. The van der Waals surface area contributed by atoms with Crippen LogP contribution in [0.1, 0.15) is 47.2 Å². The molecule has 0 amide bonds. The summed E-state index contributed by atoms with van der Waals surface area (Å²) in [5, 5.41) is 6.81. The quantitative estimate of drug-likeness (QED) is 0.176. The van der Waals surface area contributed by atoms with Gasteiger partial charge in [-0.3, -0.25) is 0 Å². The van der Waals surface area contributed by atoms with Crippen molar-refractivity contribution in [2.75, 3.05) is 4.90 Å². The van der Waals surface area contributed by atoms with Gasteiger partial charge in [-0.1, -0.05) is 184 Å². The molecule has 0 radical (unpaired) electrons. The minimum absolute atomic E-state index is 0.100. The average Bonchev–Trinajstić information content (AvgIpc) is 3.99. The van der Waals surface area contributed by atoms with Gasteiger partial charge in [0.05, 0.1) is 5.41 Å². The first-order valence-electron chi connectivity index (χ1n) is 24.0. The maximum absolute atomic E-state index is 7.24. The fourth-order valence-corrected chi connectivity index (χ4v) is 12.5. The van der Waals surface area contributed by atoms with Crippen LogP contribution in [0.15, 0.2) is 229 Å². The van der Waals surface area contributed by atoms with E-state index in [1.54, 1.807) is 0 Å². The third kappa shape index (κ3) is 5.22. The Balaban J connectivity index is 0.950. The molecule has 0 unspecified atom stereocenters. The first-order chi connectivity index (χ1) is 33.9. The molecule has 1 aliphatic heterocycles. The molecule has 3 nitrogen and oxygen atoms in total. The summed E-state index contributed by atoms with van der Waals surface area (Å²) in [7, 11) is 0. The van der Waals surface area contributed by atoms with E-state index in [1.165, 1.54) is 44.5 Å². The third-order valence-electron chi connectivity index (χ3n) is 15.7. The van der Waals surface area contributed by atoms with Gasteiger partial charge in [-0.15, -0.1) is 0 Å². The summed E-state index contributed by atoms with van der Waals surface area (Å²) < 4.78 is 13.4. The molecule has 15 rings (SSSR count). The van der Waals surface area contributed by atoms with Crippen LogP contribution in [0, 0.1) is 0 Å². The Morgan fingerprint density at radius 2 is 0.812 bits per heavy atom. The summed E-state index contributed by atoms with van der Waals surface area (Å²) in [6.45, 7) is 4.70. The van der Waals surface area contributed by atoms with Gasteiger partial charge >= 0.3 is 0 Å². The normalized spacial score (nSPS) is 14.3. The van der Waals surface area contributed by atoms with Crippen molar-refractivity contribution in [3.05, 3.63) is 258 Å². The molecule has 11 aromatic carbocycles. The summed E-state index contributed by atoms with van der Waals surface area (Å²) in [5.74, 6) is 1.85. The summed E-state index contributed by atoms with van der Waals surface area (Å²) in [6.07, 6.45) is 0. The molecule has 0 bridgehead atoms. The number of benzene rings is 11. The highest BCUT2D eigenvalue weighted by Gasteiger charge is 2.52. The second kappa shape index (κ2) is 13.9. The first-order valence-corrected chi connectivity index (χ1v) is 24.0. The van der Waals surface area contributed by atoms with Crippen LogP contribution >= 0.6 is 0 Å². The lowest BCUT2D eigenvalue weighted by Crippen LogP contribution is -2.32. The number of para-hydroxylation sites is 1. The van der Waals surface area contributed by atoms with Gasteiger partial charge in [-0.2, -0.15) is 0 Å². The number of hydrogen-bond donors (Lipinski definition) is 0. The number of rotatable bonds is 4. The molecule has 0 saturated carbocycles. The monoisotopic (exact) mass is 881 g/mol. The van der Waals surface area contributed by atoms with Gasteiger partial charge in [0, 0.05) is 55.1 Å². The summed E-state index contributed by atoms with van der Waals surface area (Å²) in [4.78, 5) is 2.45. The van der Waals surface area contributed by atoms with E-state index >= 15 is 0 Å². The van der Waals surface area contributed by atoms with Gasteiger partial charge < -0.3 is 14.1 Å². The van der Waals surface area contributed by atoms with Gasteiger partial charge in [0.2, 0.25) is 0 Å². The molecule has 0 N–H and O–H groups in total. The smallest absolute Gasteiger partial charge is 0.140 e. The molecule has 324 valence electrons. The maximum Gasteiger partial charge on any atom is 0.140 e. The lowest BCUT2D eigenvalue weighted by atomic mass is 9.65. The Kier molecular flexibility index (Phi) is 7.77. The fourth-order valence-electron chi connectivity index (χ4n) is 12.5. The molecule has 69 heavy (non-hydrogen) atoms. The van der Waals surface area contributed by atoms with Crippen LogP contribution in [-0.4, -0.2) is 0 Å². The van der Waals surface area contributed by atoms with Crippen LogP contribution in [0.4, 0.5) is 17.1 Å². The fraction of sp³-hybridized carbons (Fsp3) is 0.0606. The Morgan fingerprint density at radius 3 is 1.51 bits per heavy atom. The average molecular weight is 882 g/mol. The molecule has 2 aliphatic carbocycles. The largest absolute Gasteiger partial charge is 0.456 e. The minimum atomic E-state index is -0.627. The number of hydrogen-bond acceptors (Lipinski definition) is 3. The van der Waals surface area contributed by atoms with Crippen LogP contribution in [-0.2, 0) is 10.8 Å². The van der Waals surface area contributed by atoms with Crippen molar-refractivity contribution < 1.29 is 9.15 Å².